The van der Waals surface area contributed by atoms with Crippen LogP contribution in [0.2, 0.25) is 10.0 Å². The molecule has 1 aromatic carbocycles. The Balaban J connectivity index is 1.74. The molecule has 3 rings (SSSR count). The molecule has 25 heavy (non-hydrogen) atoms. The zero-order valence-corrected chi connectivity index (χ0v) is 15.7. The molecular weight excluding hydrogens is 401 g/mol. The predicted molar refractivity (Wildman–Crippen MR) is 103 cm³/mol. The molecule has 0 spiro atoms. The molecule has 3 N–H and O–H groups in total. The summed E-state index contributed by atoms with van der Waals surface area (Å²) in [6.07, 6.45) is 0.0467. The summed E-state index contributed by atoms with van der Waals surface area (Å²) in [6.45, 7) is 0. The van der Waals surface area contributed by atoms with Crippen LogP contribution >= 0.6 is 45.9 Å². The Bertz CT molecular complexity index is 932. The number of nitrogens with two attached hydrogens (primary N) is 1. The summed E-state index contributed by atoms with van der Waals surface area (Å²) in [5.74, 6) is -0.740. The van der Waals surface area contributed by atoms with E-state index < -0.39 is 5.91 Å². The molecular formula is C16H11Cl2N3O2S2. The molecule has 9 heteroatoms. The Kier molecular flexibility index (Phi) is 5.39. The Morgan fingerprint density at radius 3 is 2.56 bits per heavy atom. The first kappa shape index (κ1) is 17.9. The first-order valence-electron chi connectivity index (χ1n) is 7.01. The van der Waals surface area contributed by atoms with E-state index in [0.717, 1.165) is 10.4 Å². The molecule has 0 radical (unpaired) electrons. The zero-order chi connectivity index (χ0) is 18.0. The van der Waals surface area contributed by atoms with E-state index in [1.165, 1.54) is 22.7 Å². The van der Waals surface area contributed by atoms with E-state index in [9.17, 15) is 9.59 Å². The van der Waals surface area contributed by atoms with E-state index in [1.54, 1.807) is 29.6 Å². The van der Waals surface area contributed by atoms with E-state index in [0.29, 0.717) is 25.7 Å². The second-order valence-electron chi connectivity index (χ2n) is 5.06. The van der Waals surface area contributed by atoms with Gasteiger partial charge in [0.25, 0.3) is 5.91 Å². The van der Waals surface area contributed by atoms with Crippen LogP contribution in [0.3, 0.4) is 0 Å². The molecule has 2 amide bonds. The summed E-state index contributed by atoms with van der Waals surface area (Å²) >= 11 is 14.6. The average molecular weight is 412 g/mol. The molecule has 0 bridgehead atoms. The monoisotopic (exact) mass is 411 g/mol. The molecule has 5 nitrogen and oxygen atoms in total. The number of carbonyl (C=O) groups excluding carboxylic acids is 2. The van der Waals surface area contributed by atoms with Crippen LogP contribution < -0.4 is 11.1 Å². The minimum atomic E-state index is -0.466. The minimum absolute atomic E-state index is 0.0467. The quantitative estimate of drug-likeness (QED) is 0.649. The van der Waals surface area contributed by atoms with E-state index in [-0.39, 0.29) is 12.3 Å². The van der Waals surface area contributed by atoms with Gasteiger partial charge in [0, 0.05) is 20.3 Å². The van der Waals surface area contributed by atoms with Crippen LogP contribution in [0.15, 0.2) is 35.7 Å². The molecule has 3 aromatic rings. The maximum atomic E-state index is 12.3. The van der Waals surface area contributed by atoms with Gasteiger partial charge in [-0.1, -0.05) is 23.2 Å². The van der Waals surface area contributed by atoms with Crippen molar-refractivity contribution in [3.05, 3.63) is 56.3 Å². The fraction of sp³-hybridized carbons (Fsp3) is 0.0625. The van der Waals surface area contributed by atoms with Crippen molar-refractivity contribution in [2.75, 3.05) is 5.32 Å². The van der Waals surface area contributed by atoms with Crippen LogP contribution in [-0.2, 0) is 11.2 Å². The average Bonchev–Trinajstić information content (AvgIpc) is 3.15. The van der Waals surface area contributed by atoms with Crippen molar-refractivity contribution in [1.82, 2.24) is 4.98 Å². The van der Waals surface area contributed by atoms with Gasteiger partial charge in [0.2, 0.25) is 5.91 Å². The second kappa shape index (κ2) is 7.53. The molecule has 2 aromatic heterocycles. The van der Waals surface area contributed by atoms with Gasteiger partial charge in [-0.15, -0.1) is 22.7 Å². The number of nitrogens with one attached hydrogen (secondary N) is 1. The maximum Gasteiger partial charge on any atom is 0.267 e. The largest absolute Gasteiger partial charge is 0.369 e. The van der Waals surface area contributed by atoms with Crippen molar-refractivity contribution in [1.29, 1.82) is 0 Å². The van der Waals surface area contributed by atoms with E-state index in [2.05, 4.69) is 10.3 Å². The number of aromatic nitrogens is 1. The number of halogens is 2. The van der Waals surface area contributed by atoms with Crippen LogP contribution in [0.25, 0.3) is 10.4 Å². The number of primary amides is 1. The number of carbonyl (C=O) groups is 2. The highest BCUT2D eigenvalue weighted by molar-refractivity contribution is 7.17. The van der Waals surface area contributed by atoms with Gasteiger partial charge in [0.05, 0.1) is 17.0 Å². The van der Waals surface area contributed by atoms with Crippen LogP contribution in [0.4, 0.5) is 5.13 Å². The Morgan fingerprint density at radius 2 is 1.88 bits per heavy atom. The van der Waals surface area contributed by atoms with Gasteiger partial charge in [-0.3, -0.25) is 14.9 Å². The van der Waals surface area contributed by atoms with Crippen LogP contribution in [-0.4, -0.2) is 16.8 Å². The minimum Gasteiger partial charge on any atom is -0.369 e. The first-order chi connectivity index (χ1) is 11.9. The highest BCUT2D eigenvalue weighted by atomic mass is 35.5. The summed E-state index contributed by atoms with van der Waals surface area (Å²) in [4.78, 5) is 28.8. The predicted octanol–water partition coefficient (Wildman–Crippen LogP) is 4.46. The maximum absolute atomic E-state index is 12.3. The fourth-order valence-corrected chi connectivity index (χ4v) is 4.21. The third kappa shape index (κ3) is 4.58. The van der Waals surface area contributed by atoms with Crippen LogP contribution in [0.5, 0.6) is 0 Å². The smallest absolute Gasteiger partial charge is 0.267 e. The molecule has 2 heterocycles. The fourth-order valence-electron chi connectivity index (χ4n) is 2.09. The molecule has 0 unspecified atom stereocenters. The summed E-state index contributed by atoms with van der Waals surface area (Å²) in [6, 6.07) is 8.79. The molecule has 0 fully saturated rings. The van der Waals surface area contributed by atoms with Crippen molar-refractivity contribution in [3.63, 3.8) is 0 Å². The molecule has 0 saturated carbocycles. The normalized spacial score (nSPS) is 10.6. The molecule has 0 aliphatic carbocycles. The number of thiazole rings is 1. The lowest BCUT2D eigenvalue weighted by Gasteiger charge is -2.00. The third-order valence-corrected chi connectivity index (χ3v) is 5.48. The Hall–Kier alpha value is -1.93. The van der Waals surface area contributed by atoms with Gasteiger partial charge in [0.15, 0.2) is 5.13 Å². The number of hydrogen-bond donors (Lipinski definition) is 2. The van der Waals surface area contributed by atoms with Crippen LogP contribution in [0, 0.1) is 0 Å². The molecule has 0 atom stereocenters. The van der Waals surface area contributed by atoms with Gasteiger partial charge in [0.1, 0.15) is 0 Å². The number of benzene rings is 1. The van der Waals surface area contributed by atoms with E-state index in [1.807, 2.05) is 6.07 Å². The second-order valence-corrected chi connectivity index (χ2v) is 7.88. The van der Waals surface area contributed by atoms with Crippen molar-refractivity contribution < 1.29 is 9.59 Å². The van der Waals surface area contributed by atoms with Crippen LogP contribution in [0.1, 0.15) is 15.4 Å². The highest BCUT2D eigenvalue weighted by Gasteiger charge is 2.13. The number of thiophene rings is 1. The molecule has 0 aliphatic rings. The Morgan fingerprint density at radius 1 is 1.16 bits per heavy atom. The van der Waals surface area contributed by atoms with Crippen molar-refractivity contribution in [2.24, 2.45) is 5.73 Å². The number of anilines is 1. The summed E-state index contributed by atoms with van der Waals surface area (Å²) < 4.78 is 0. The lowest BCUT2D eigenvalue weighted by Crippen LogP contribution is -2.14. The van der Waals surface area contributed by atoms with Crippen molar-refractivity contribution >= 4 is 62.8 Å². The SMILES string of the molecule is NC(=O)Cc1csc(NC(=O)c2ccc(-c3cc(Cl)cc(Cl)c3)s2)n1. The molecule has 128 valence electrons. The van der Waals surface area contributed by atoms with Gasteiger partial charge in [-0.25, -0.2) is 4.98 Å². The van der Waals surface area contributed by atoms with Gasteiger partial charge in [-0.2, -0.15) is 0 Å². The lowest BCUT2D eigenvalue weighted by molar-refractivity contribution is -0.117. The highest BCUT2D eigenvalue weighted by Crippen LogP contribution is 2.32. The lowest BCUT2D eigenvalue weighted by atomic mass is 10.2. The number of nitrogens with zero attached hydrogens (tertiary/aromatic N) is 1. The number of amides is 2. The third-order valence-electron chi connectivity index (χ3n) is 3.10. The first-order valence-corrected chi connectivity index (χ1v) is 9.46. The summed E-state index contributed by atoms with van der Waals surface area (Å²) in [5, 5.41) is 5.89. The summed E-state index contributed by atoms with van der Waals surface area (Å²) in [7, 11) is 0. The zero-order valence-electron chi connectivity index (χ0n) is 12.6. The topological polar surface area (TPSA) is 85.1 Å². The molecule has 0 saturated heterocycles. The van der Waals surface area contributed by atoms with Gasteiger partial charge < -0.3 is 5.73 Å². The van der Waals surface area contributed by atoms with Gasteiger partial charge in [-0.05, 0) is 35.9 Å². The summed E-state index contributed by atoms with van der Waals surface area (Å²) in [5.41, 5.74) is 6.51. The van der Waals surface area contributed by atoms with E-state index >= 15 is 0 Å². The van der Waals surface area contributed by atoms with E-state index in [4.69, 9.17) is 28.9 Å². The van der Waals surface area contributed by atoms with Crippen molar-refractivity contribution in [2.45, 2.75) is 6.42 Å². The standard InChI is InChI=1S/C16H11Cl2N3O2S2/c17-9-3-8(4-10(18)5-9)12-1-2-13(25-12)15(23)21-16-20-11(7-24-16)6-14(19)22/h1-5,7H,6H2,(H2,19,22)(H,20,21,23). The number of hydrogen-bond acceptors (Lipinski definition) is 5. The molecule has 0 aliphatic heterocycles. The van der Waals surface area contributed by atoms with Crippen molar-refractivity contribution in [3.8, 4) is 10.4 Å². The Labute approximate surface area is 161 Å². The number of rotatable bonds is 5. The van der Waals surface area contributed by atoms with Gasteiger partial charge >= 0.3 is 0 Å².